The van der Waals surface area contributed by atoms with E-state index in [-0.39, 0.29) is 10.5 Å². The van der Waals surface area contributed by atoms with Crippen LogP contribution in [0.3, 0.4) is 0 Å². The molecule has 144 valence electrons. The van der Waals surface area contributed by atoms with Crippen LogP contribution in [0.2, 0.25) is 0 Å². The highest BCUT2D eigenvalue weighted by atomic mass is 32.2. The number of halogens is 1. The quantitative estimate of drug-likeness (QED) is 0.665. The van der Waals surface area contributed by atoms with Gasteiger partial charge in [0.25, 0.3) is 15.9 Å². The SMILES string of the molecule is Cc1cc(C)cc(NS(=O)(=O)c2ccc(C(=O)Nc3ccc(F)cc3)cc2)c1. The second kappa shape index (κ2) is 7.82. The van der Waals surface area contributed by atoms with Gasteiger partial charge in [0.05, 0.1) is 4.90 Å². The summed E-state index contributed by atoms with van der Waals surface area (Å²) in [6.07, 6.45) is 0. The molecule has 3 rings (SSSR count). The van der Waals surface area contributed by atoms with E-state index in [0.29, 0.717) is 11.4 Å². The molecule has 2 N–H and O–H groups in total. The first kappa shape index (κ1) is 19.6. The van der Waals surface area contributed by atoms with Crippen LogP contribution >= 0.6 is 0 Å². The van der Waals surface area contributed by atoms with Crippen molar-refractivity contribution in [1.82, 2.24) is 0 Å². The predicted octanol–water partition coefficient (Wildman–Crippen LogP) is 4.50. The standard InChI is InChI=1S/C21H19FN2O3S/c1-14-11-15(2)13-19(12-14)24-28(26,27)20-9-3-16(4-10-20)21(25)23-18-7-5-17(22)6-8-18/h3-13,24H,1-2H3,(H,23,25). The van der Waals surface area contributed by atoms with E-state index in [1.54, 1.807) is 12.1 Å². The second-order valence-corrected chi connectivity index (χ2v) is 8.15. The molecular formula is C21H19FN2O3S. The minimum absolute atomic E-state index is 0.0463. The van der Waals surface area contributed by atoms with E-state index in [1.807, 2.05) is 19.9 Å². The van der Waals surface area contributed by atoms with Crippen molar-refractivity contribution in [3.05, 3.63) is 89.2 Å². The predicted molar refractivity (Wildman–Crippen MR) is 108 cm³/mol. The zero-order chi connectivity index (χ0) is 20.3. The Morgan fingerprint density at radius 3 is 1.96 bits per heavy atom. The third kappa shape index (κ3) is 4.75. The Morgan fingerprint density at radius 2 is 1.39 bits per heavy atom. The first-order chi connectivity index (χ1) is 13.2. The summed E-state index contributed by atoms with van der Waals surface area (Å²) >= 11 is 0. The van der Waals surface area contributed by atoms with Gasteiger partial charge in [0.15, 0.2) is 0 Å². The number of sulfonamides is 1. The number of carbonyl (C=O) groups is 1. The molecule has 0 saturated heterocycles. The molecule has 0 atom stereocenters. The molecule has 0 radical (unpaired) electrons. The zero-order valence-electron chi connectivity index (χ0n) is 15.4. The fourth-order valence-corrected chi connectivity index (χ4v) is 3.81. The lowest BCUT2D eigenvalue weighted by Gasteiger charge is -2.10. The van der Waals surface area contributed by atoms with Crippen molar-refractivity contribution in [1.29, 1.82) is 0 Å². The minimum atomic E-state index is -3.78. The molecule has 0 spiro atoms. The molecule has 0 aliphatic carbocycles. The smallest absolute Gasteiger partial charge is 0.261 e. The summed E-state index contributed by atoms with van der Waals surface area (Å²) in [4.78, 5) is 12.3. The molecule has 0 fully saturated rings. The molecule has 0 aromatic heterocycles. The topological polar surface area (TPSA) is 75.3 Å². The lowest BCUT2D eigenvalue weighted by Crippen LogP contribution is -2.15. The summed E-state index contributed by atoms with van der Waals surface area (Å²) in [5.74, 6) is -0.818. The van der Waals surface area contributed by atoms with Gasteiger partial charge < -0.3 is 5.32 Å². The summed E-state index contributed by atoms with van der Waals surface area (Å²) in [5.41, 5.74) is 3.11. The Hall–Kier alpha value is -3.19. The lowest BCUT2D eigenvalue weighted by atomic mass is 10.1. The maximum atomic E-state index is 12.9. The van der Waals surface area contributed by atoms with Gasteiger partial charge in [-0.15, -0.1) is 0 Å². The maximum absolute atomic E-state index is 12.9. The van der Waals surface area contributed by atoms with Gasteiger partial charge in [-0.3, -0.25) is 9.52 Å². The van der Waals surface area contributed by atoms with Crippen molar-refractivity contribution in [2.24, 2.45) is 0 Å². The third-order valence-electron chi connectivity index (χ3n) is 4.00. The van der Waals surface area contributed by atoms with Crippen LogP contribution in [0.5, 0.6) is 0 Å². The molecule has 0 bridgehead atoms. The molecule has 3 aromatic carbocycles. The maximum Gasteiger partial charge on any atom is 0.261 e. The Kier molecular flexibility index (Phi) is 5.46. The Balaban J connectivity index is 1.75. The third-order valence-corrected chi connectivity index (χ3v) is 5.40. The van der Waals surface area contributed by atoms with E-state index >= 15 is 0 Å². The fraction of sp³-hybridized carbons (Fsp3) is 0.0952. The molecule has 0 aliphatic heterocycles. The molecule has 7 heteroatoms. The van der Waals surface area contributed by atoms with Gasteiger partial charge in [0, 0.05) is 16.9 Å². The summed E-state index contributed by atoms with van der Waals surface area (Å²) in [7, 11) is -3.78. The first-order valence-electron chi connectivity index (χ1n) is 8.51. The summed E-state index contributed by atoms with van der Waals surface area (Å²) in [6, 6.07) is 16.4. The number of hydrogen-bond acceptors (Lipinski definition) is 3. The average Bonchev–Trinajstić information content (AvgIpc) is 2.62. The van der Waals surface area contributed by atoms with Crippen molar-refractivity contribution in [3.63, 3.8) is 0 Å². The van der Waals surface area contributed by atoms with Gasteiger partial charge in [0.1, 0.15) is 5.82 Å². The molecule has 0 heterocycles. The van der Waals surface area contributed by atoms with Gasteiger partial charge in [0.2, 0.25) is 0 Å². The van der Waals surface area contributed by atoms with Crippen LogP contribution in [0.15, 0.2) is 71.6 Å². The fourth-order valence-electron chi connectivity index (χ4n) is 2.77. The van der Waals surface area contributed by atoms with Crippen LogP contribution < -0.4 is 10.0 Å². The number of benzene rings is 3. The van der Waals surface area contributed by atoms with E-state index < -0.39 is 21.7 Å². The molecular weight excluding hydrogens is 379 g/mol. The number of amides is 1. The molecule has 0 saturated carbocycles. The number of anilines is 2. The number of aryl methyl sites for hydroxylation is 2. The van der Waals surface area contributed by atoms with Gasteiger partial charge >= 0.3 is 0 Å². The Labute approximate surface area is 163 Å². The van der Waals surface area contributed by atoms with Gasteiger partial charge in [-0.25, -0.2) is 12.8 Å². The summed E-state index contributed by atoms with van der Waals surface area (Å²) in [6.45, 7) is 3.78. The highest BCUT2D eigenvalue weighted by Gasteiger charge is 2.16. The Morgan fingerprint density at radius 1 is 0.821 bits per heavy atom. The van der Waals surface area contributed by atoms with Crippen LogP contribution in [0.4, 0.5) is 15.8 Å². The summed E-state index contributed by atoms with van der Waals surface area (Å²) in [5, 5.41) is 2.63. The first-order valence-corrected chi connectivity index (χ1v) is 9.99. The van der Waals surface area contributed by atoms with E-state index in [9.17, 15) is 17.6 Å². The van der Waals surface area contributed by atoms with Gasteiger partial charge in [-0.2, -0.15) is 0 Å². The number of carbonyl (C=O) groups excluding carboxylic acids is 1. The van der Waals surface area contributed by atoms with Crippen LogP contribution in [0.25, 0.3) is 0 Å². The number of hydrogen-bond donors (Lipinski definition) is 2. The van der Waals surface area contributed by atoms with Crippen molar-refractivity contribution in [2.75, 3.05) is 10.0 Å². The molecule has 0 unspecified atom stereocenters. The van der Waals surface area contributed by atoms with E-state index in [0.717, 1.165) is 11.1 Å². The van der Waals surface area contributed by atoms with Crippen LogP contribution in [0.1, 0.15) is 21.5 Å². The normalized spacial score (nSPS) is 11.1. The van der Waals surface area contributed by atoms with Crippen molar-refractivity contribution in [2.45, 2.75) is 18.7 Å². The molecule has 5 nitrogen and oxygen atoms in total. The monoisotopic (exact) mass is 398 g/mol. The average molecular weight is 398 g/mol. The number of nitrogens with one attached hydrogen (secondary N) is 2. The summed E-state index contributed by atoms with van der Waals surface area (Å²) < 4.78 is 40.6. The van der Waals surface area contributed by atoms with Crippen LogP contribution in [-0.2, 0) is 10.0 Å². The van der Waals surface area contributed by atoms with Gasteiger partial charge in [-0.1, -0.05) is 6.07 Å². The van der Waals surface area contributed by atoms with E-state index in [4.69, 9.17) is 0 Å². The highest BCUT2D eigenvalue weighted by Crippen LogP contribution is 2.20. The lowest BCUT2D eigenvalue weighted by molar-refractivity contribution is 0.102. The largest absolute Gasteiger partial charge is 0.322 e. The zero-order valence-corrected chi connectivity index (χ0v) is 16.2. The minimum Gasteiger partial charge on any atom is -0.322 e. The van der Waals surface area contributed by atoms with Crippen molar-refractivity contribution < 1.29 is 17.6 Å². The number of rotatable bonds is 5. The Bertz CT molecular complexity index is 1090. The molecule has 0 aliphatic rings. The molecule has 3 aromatic rings. The molecule has 28 heavy (non-hydrogen) atoms. The van der Waals surface area contributed by atoms with Crippen molar-refractivity contribution >= 4 is 27.3 Å². The highest BCUT2D eigenvalue weighted by molar-refractivity contribution is 7.92. The molecule has 1 amide bonds. The van der Waals surface area contributed by atoms with E-state index in [1.165, 1.54) is 48.5 Å². The second-order valence-electron chi connectivity index (χ2n) is 6.47. The van der Waals surface area contributed by atoms with Crippen LogP contribution in [0, 0.1) is 19.7 Å². The van der Waals surface area contributed by atoms with Crippen molar-refractivity contribution in [3.8, 4) is 0 Å². The van der Waals surface area contributed by atoms with E-state index in [2.05, 4.69) is 10.0 Å². The van der Waals surface area contributed by atoms with Crippen LogP contribution in [-0.4, -0.2) is 14.3 Å². The van der Waals surface area contributed by atoms with Gasteiger partial charge in [-0.05, 0) is 85.6 Å².